The van der Waals surface area contributed by atoms with E-state index in [1.165, 1.54) is 12.4 Å². The largest absolute Gasteiger partial charge is 0.494 e. The molecule has 7 heteroatoms. The number of nitrogens with zero attached hydrogens (tertiary/aromatic N) is 2. The van der Waals surface area contributed by atoms with E-state index in [-0.39, 0.29) is 11.6 Å². The van der Waals surface area contributed by atoms with Gasteiger partial charge in [0.15, 0.2) is 0 Å². The molecule has 24 heavy (non-hydrogen) atoms. The lowest BCUT2D eigenvalue weighted by Gasteiger charge is -2.08. The van der Waals surface area contributed by atoms with Crippen molar-refractivity contribution < 1.29 is 14.3 Å². The topological polar surface area (TPSA) is 85.4 Å². The maximum Gasteiger partial charge on any atom is 0.271 e. The zero-order chi connectivity index (χ0) is 17.2. The molecule has 0 atom stereocenters. The van der Waals surface area contributed by atoms with Crippen LogP contribution in [0, 0.1) is 0 Å². The molecule has 2 aromatic rings. The van der Waals surface area contributed by atoms with Crippen LogP contribution >= 0.6 is 0 Å². The first kappa shape index (κ1) is 17.7. The Kier molecular flexibility index (Phi) is 6.97. The van der Waals surface area contributed by atoms with E-state index in [2.05, 4.69) is 20.6 Å². The Hall–Kier alpha value is -2.67. The minimum absolute atomic E-state index is 0.244. The van der Waals surface area contributed by atoms with Crippen LogP contribution < -0.4 is 15.4 Å². The van der Waals surface area contributed by atoms with Gasteiger partial charge in [0.25, 0.3) is 5.91 Å². The van der Waals surface area contributed by atoms with E-state index < -0.39 is 0 Å². The Morgan fingerprint density at radius 2 is 1.96 bits per heavy atom. The van der Waals surface area contributed by atoms with Crippen molar-refractivity contribution in [3.05, 3.63) is 42.4 Å². The van der Waals surface area contributed by atoms with Crippen molar-refractivity contribution >= 4 is 17.4 Å². The van der Waals surface area contributed by atoms with Gasteiger partial charge >= 0.3 is 0 Å². The second-order valence-corrected chi connectivity index (χ2v) is 4.97. The molecular formula is C17H22N4O3. The summed E-state index contributed by atoms with van der Waals surface area (Å²) in [4.78, 5) is 20.2. The van der Waals surface area contributed by atoms with Crippen LogP contribution in [0.25, 0.3) is 0 Å². The highest BCUT2D eigenvalue weighted by molar-refractivity contribution is 5.92. The summed E-state index contributed by atoms with van der Waals surface area (Å²) in [6, 6.07) is 7.54. The summed E-state index contributed by atoms with van der Waals surface area (Å²) in [5, 5.41) is 5.89. The van der Waals surface area contributed by atoms with E-state index in [9.17, 15) is 4.79 Å². The van der Waals surface area contributed by atoms with Crippen LogP contribution in [-0.4, -0.2) is 42.7 Å². The van der Waals surface area contributed by atoms with Gasteiger partial charge in [-0.3, -0.25) is 4.79 Å². The molecule has 0 unspecified atom stereocenters. The van der Waals surface area contributed by atoms with Crippen molar-refractivity contribution in [3.63, 3.8) is 0 Å². The highest BCUT2D eigenvalue weighted by atomic mass is 16.5. The van der Waals surface area contributed by atoms with Gasteiger partial charge in [0.1, 0.15) is 17.3 Å². The smallest absolute Gasteiger partial charge is 0.271 e. The number of hydrogen-bond donors (Lipinski definition) is 2. The Balaban J connectivity index is 1.88. The number of methoxy groups -OCH3 is 1. The molecule has 1 heterocycles. The third-order valence-corrected chi connectivity index (χ3v) is 3.13. The van der Waals surface area contributed by atoms with Crippen LogP contribution in [0.4, 0.5) is 11.5 Å². The lowest BCUT2D eigenvalue weighted by molar-refractivity contribution is 0.0943. The Morgan fingerprint density at radius 3 is 2.58 bits per heavy atom. The van der Waals surface area contributed by atoms with E-state index in [0.29, 0.717) is 25.6 Å². The molecule has 0 fully saturated rings. The lowest BCUT2D eigenvalue weighted by Crippen LogP contribution is -2.26. The predicted molar refractivity (Wildman–Crippen MR) is 91.8 cm³/mol. The predicted octanol–water partition coefficient (Wildman–Crippen LogP) is 2.39. The average Bonchev–Trinajstić information content (AvgIpc) is 2.61. The van der Waals surface area contributed by atoms with Gasteiger partial charge < -0.3 is 20.1 Å². The highest BCUT2D eigenvalue weighted by Crippen LogP contribution is 2.18. The second kappa shape index (κ2) is 9.46. The van der Waals surface area contributed by atoms with Crippen molar-refractivity contribution in [1.82, 2.24) is 15.3 Å². The molecule has 1 aromatic carbocycles. The highest BCUT2D eigenvalue weighted by Gasteiger charge is 2.07. The maximum atomic E-state index is 11.9. The Labute approximate surface area is 141 Å². The second-order valence-electron chi connectivity index (χ2n) is 4.97. The molecule has 128 valence electrons. The molecule has 0 bridgehead atoms. The Bertz CT molecular complexity index is 629. The molecule has 0 saturated carbocycles. The maximum absolute atomic E-state index is 11.9. The summed E-state index contributed by atoms with van der Waals surface area (Å²) in [5.74, 6) is 1.14. The fourth-order valence-electron chi connectivity index (χ4n) is 1.97. The van der Waals surface area contributed by atoms with Gasteiger partial charge in [-0.25, -0.2) is 9.97 Å². The standard InChI is InChI=1S/C17H22N4O3/c1-3-24-14-7-5-13(6-8-14)21-16-12-19-15(11-20-16)17(22)18-9-4-10-23-2/h5-8,11-12H,3-4,9-10H2,1-2H3,(H,18,22)(H,20,21). The summed E-state index contributed by atoms with van der Waals surface area (Å²) in [5.41, 5.74) is 1.15. The number of carbonyl (C=O) groups excluding carboxylic acids is 1. The fraction of sp³-hybridized carbons (Fsp3) is 0.353. The van der Waals surface area contributed by atoms with Crippen molar-refractivity contribution in [1.29, 1.82) is 0 Å². The number of benzene rings is 1. The monoisotopic (exact) mass is 330 g/mol. The molecule has 1 amide bonds. The van der Waals surface area contributed by atoms with Crippen LogP contribution in [0.15, 0.2) is 36.7 Å². The number of aromatic nitrogens is 2. The minimum atomic E-state index is -0.244. The minimum Gasteiger partial charge on any atom is -0.494 e. The summed E-state index contributed by atoms with van der Waals surface area (Å²) in [6.45, 7) is 3.72. The first-order chi connectivity index (χ1) is 11.7. The van der Waals surface area contributed by atoms with Gasteiger partial charge in [0, 0.05) is 25.9 Å². The zero-order valence-electron chi connectivity index (χ0n) is 13.9. The SMILES string of the molecule is CCOc1ccc(Nc2cnc(C(=O)NCCCOC)cn2)cc1. The van der Waals surface area contributed by atoms with Crippen LogP contribution in [0.3, 0.4) is 0 Å². The number of ether oxygens (including phenoxy) is 2. The first-order valence-corrected chi connectivity index (χ1v) is 7.82. The summed E-state index contributed by atoms with van der Waals surface area (Å²) >= 11 is 0. The molecule has 0 radical (unpaired) electrons. The number of anilines is 2. The summed E-state index contributed by atoms with van der Waals surface area (Å²) in [7, 11) is 1.63. The Morgan fingerprint density at radius 1 is 1.17 bits per heavy atom. The van der Waals surface area contributed by atoms with Crippen LogP contribution in [-0.2, 0) is 4.74 Å². The number of carbonyl (C=O) groups is 1. The molecule has 0 aliphatic rings. The molecule has 0 spiro atoms. The van der Waals surface area contributed by atoms with Gasteiger partial charge in [-0.15, -0.1) is 0 Å². The van der Waals surface area contributed by atoms with Gasteiger partial charge in [-0.2, -0.15) is 0 Å². The van der Waals surface area contributed by atoms with Crippen LogP contribution in [0.1, 0.15) is 23.8 Å². The summed E-state index contributed by atoms with van der Waals surface area (Å²) < 4.78 is 10.3. The molecular weight excluding hydrogens is 308 g/mol. The number of nitrogens with one attached hydrogen (secondary N) is 2. The lowest BCUT2D eigenvalue weighted by atomic mass is 10.3. The van der Waals surface area contributed by atoms with Gasteiger partial charge in [0.05, 0.1) is 19.0 Å². The normalized spacial score (nSPS) is 10.2. The van der Waals surface area contributed by atoms with Gasteiger partial charge in [0.2, 0.25) is 0 Å². The average molecular weight is 330 g/mol. The number of amides is 1. The van der Waals surface area contributed by atoms with E-state index in [1.54, 1.807) is 7.11 Å². The van der Waals surface area contributed by atoms with E-state index in [4.69, 9.17) is 9.47 Å². The van der Waals surface area contributed by atoms with Gasteiger partial charge in [-0.05, 0) is 37.6 Å². The van der Waals surface area contributed by atoms with Crippen molar-refractivity contribution in [2.24, 2.45) is 0 Å². The van der Waals surface area contributed by atoms with E-state index >= 15 is 0 Å². The molecule has 0 aliphatic heterocycles. The van der Waals surface area contributed by atoms with Crippen LogP contribution in [0.2, 0.25) is 0 Å². The molecule has 2 rings (SSSR count). The number of hydrogen-bond acceptors (Lipinski definition) is 6. The molecule has 7 nitrogen and oxygen atoms in total. The van der Waals surface area contributed by atoms with Crippen LogP contribution in [0.5, 0.6) is 5.75 Å². The molecule has 0 aliphatic carbocycles. The van der Waals surface area contributed by atoms with Crippen molar-refractivity contribution in [2.45, 2.75) is 13.3 Å². The zero-order valence-corrected chi connectivity index (χ0v) is 13.9. The quantitative estimate of drug-likeness (QED) is 0.687. The first-order valence-electron chi connectivity index (χ1n) is 7.82. The molecule has 0 saturated heterocycles. The summed E-state index contributed by atoms with van der Waals surface area (Å²) in [6.07, 6.45) is 3.73. The van der Waals surface area contributed by atoms with Crippen molar-refractivity contribution in [2.75, 3.05) is 32.2 Å². The molecule has 1 aromatic heterocycles. The van der Waals surface area contributed by atoms with Gasteiger partial charge in [-0.1, -0.05) is 0 Å². The number of rotatable bonds is 9. The fourth-order valence-corrected chi connectivity index (χ4v) is 1.97. The third kappa shape index (κ3) is 5.51. The molecule has 2 N–H and O–H groups in total. The van der Waals surface area contributed by atoms with E-state index in [0.717, 1.165) is 17.9 Å². The third-order valence-electron chi connectivity index (χ3n) is 3.13. The van der Waals surface area contributed by atoms with Crippen molar-refractivity contribution in [3.8, 4) is 5.75 Å². The van der Waals surface area contributed by atoms with E-state index in [1.807, 2.05) is 31.2 Å².